The summed E-state index contributed by atoms with van der Waals surface area (Å²) in [6.45, 7) is 0.487. The molecule has 226 valence electrons. The number of hydrogen-bond donors (Lipinski definition) is 3. The molecule has 42 heavy (non-hydrogen) atoms. The Kier molecular flexibility index (Phi) is 11.5. The lowest BCUT2D eigenvalue weighted by Gasteiger charge is -2.41. The first-order valence-corrected chi connectivity index (χ1v) is 15.1. The largest absolute Gasteiger partial charge is 0.493 e. The lowest BCUT2D eigenvalue weighted by molar-refractivity contribution is -0.143. The SMILES string of the molecule is COc1cc(C=O)cc(I)c1OC1C=C(C(=O)NCCO)CC(N(Cc2ccc(Cl)cc2Cl)C(=O)C2CCOC2)C1O. The third-order valence-corrected chi connectivity index (χ3v) is 8.56. The molecule has 1 aliphatic carbocycles. The van der Waals surface area contributed by atoms with Gasteiger partial charge in [0.1, 0.15) is 18.5 Å². The van der Waals surface area contributed by atoms with Gasteiger partial charge in [-0.2, -0.15) is 0 Å². The van der Waals surface area contributed by atoms with Crippen LogP contribution in [0.15, 0.2) is 42.0 Å². The molecular formula is C29H31Cl2IN2O8. The van der Waals surface area contributed by atoms with E-state index in [-0.39, 0.29) is 55.7 Å². The zero-order valence-electron chi connectivity index (χ0n) is 22.7. The number of benzene rings is 2. The van der Waals surface area contributed by atoms with Gasteiger partial charge in [-0.3, -0.25) is 14.4 Å². The van der Waals surface area contributed by atoms with Gasteiger partial charge in [0.25, 0.3) is 0 Å². The van der Waals surface area contributed by atoms with Crippen LogP contribution in [0.2, 0.25) is 10.0 Å². The first-order valence-electron chi connectivity index (χ1n) is 13.3. The first-order chi connectivity index (χ1) is 20.2. The Labute approximate surface area is 267 Å². The highest BCUT2D eigenvalue weighted by Gasteiger charge is 2.43. The summed E-state index contributed by atoms with van der Waals surface area (Å²) in [5.74, 6) is -0.615. The minimum absolute atomic E-state index is 0.0150. The Balaban J connectivity index is 1.75. The molecule has 1 fully saturated rings. The number of amides is 2. The molecular weight excluding hydrogens is 702 g/mol. The summed E-state index contributed by atoms with van der Waals surface area (Å²) in [5.41, 5.74) is 1.25. The molecule has 4 rings (SSSR count). The predicted molar refractivity (Wildman–Crippen MR) is 164 cm³/mol. The third kappa shape index (κ3) is 7.56. The normalized spacial score (nSPS) is 21.8. The smallest absolute Gasteiger partial charge is 0.247 e. The summed E-state index contributed by atoms with van der Waals surface area (Å²) in [6.07, 6.45) is 0.364. The van der Waals surface area contributed by atoms with Gasteiger partial charge in [-0.25, -0.2) is 0 Å². The fourth-order valence-electron chi connectivity index (χ4n) is 4.99. The summed E-state index contributed by atoms with van der Waals surface area (Å²) in [7, 11) is 1.43. The van der Waals surface area contributed by atoms with Gasteiger partial charge in [0, 0.05) is 47.3 Å². The van der Waals surface area contributed by atoms with Crippen LogP contribution in [-0.4, -0.2) is 84.9 Å². The topological polar surface area (TPSA) is 135 Å². The second-order valence-corrected chi connectivity index (χ2v) is 11.9. The fourth-order valence-corrected chi connectivity index (χ4v) is 6.21. The zero-order valence-corrected chi connectivity index (χ0v) is 26.4. The van der Waals surface area contributed by atoms with Crippen LogP contribution in [-0.2, 0) is 20.9 Å². The van der Waals surface area contributed by atoms with Crippen LogP contribution < -0.4 is 14.8 Å². The Bertz CT molecular complexity index is 1350. The number of aldehydes is 1. The van der Waals surface area contributed by atoms with E-state index in [0.717, 1.165) is 0 Å². The van der Waals surface area contributed by atoms with Crippen molar-refractivity contribution in [2.24, 2.45) is 5.92 Å². The van der Waals surface area contributed by atoms with Crippen molar-refractivity contribution in [3.05, 3.63) is 66.7 Å². The van der Waals surface area contributed by atoms with E-state index in [1.807, 2.05) is 22.6 Å². The van der Waals surface area contributed by atoms with Crippen molar-refractivity contribution >= 4 is 63.9 Å². The van der Waals surface area contributed by atoms with Crippen LogP contribution in [0.5, 0.6) is 11.5 Å². The number of halogens is 3. The first kappa shape index (κ1) is 32.5. The molecule has 2 aliphatic rings. The number of carbonyl (C=O) groups is 3. The van der Waals surface area contributed by atoms with Crippen molar-refractivity contribution in [1.82, 2.24) is 10.2 Å². The van der Waals surface area contributed by atoms with Crippen LogP contribution in [0.25, 0.3) is 0 Å². The molecule has 2 aromatic carbocycles. The minimum atomic E-state index is -1.28. The summed E-state index contributed by atoms with van der Waals surface area (Å²) in [6, 6.07) is 7.17. The molecule has 2 amide bonds. The van der Waals surface area contributed by atoms with E-state index in [9.17, 15) is 24.6 Å². The predicted octanol–water partition coefficient (Wildman–Crippen LogP) is 3.40. The van der Waals surface area contributed by atoms with E-state index in [0.29, 0.717) is 44.1 Å². The van der Waals surface area contributed by atoms with E-state index < -0.39 is 30.1 Å². The molecule has 4 unspecified atom stereocenters. The standard InChI is InChI=1S/C29H31Cl2IN2O8/c1-40-25-9-16(14-36)8-22(32)27(25)42-24-11-19(28(38)33-5-6-35)10-23(26(24)37)34(29(39)18-4-7-41-15-18)13-17-2-3-20(30)12-21(17)31/h2-3,8-9,11-12,14,18,23-24,26,35,37H,4-7,10,13,15H2,1H3,(H,33,38). The quantitative estimate of drug-likeness (QED) is 0.237. The summed E-state index contributed by atoms with van der Waals surface area (Å²) in [4.78, 5) is 40.0. The average molecular weight is 733 g/mol. The van der Waals surface area contributed by atoms with Crippen molar-refractivity contribution in [2.45, 2.75) is 37.6 Å². The highest BCUT2D eigenvalue weighted by atomic mass is 127. The molecule has 10 nitrogen and oxygen atoms in total. The van der Waals surface area contributed by atoms with E-state index in [1.165, 1.54) is 24.2 Å². The van der Waals surface area contributed by atoms with Crippen molar-refractivity contribution in [1.29, 1.82) is 0 Å². The lowest BCUT2D eigenvalue weighted by Crippen LogP contribution is -2.56. The third-order valence-electron chi connectivity index (χ3n) is 7.17. The number of methoxy groups -OCH3 is 1. The fraction of sp³-hybridized carbons (Fsp3) is 0.414. The molecule has 1 heterocycles. The Morgan fingerprint density at radius 2 is 2.05 bits per heavy atom. The number of ether oxygens (including phenoxy) is 3. The van der Waals surface area contributed by atoms with Gasteiger partial charge in [-0.1, -0.05) is 29.3 Å². The van der Waals surface area contributed by atoms with Crippen molar-refractivity contribution < 1.29 is 38.8 Å². The van der Waals surface area contributed by atoms with Crippen LogP contribution >= 0.6 is 45.8 Å². The van der Waals surface area contributed by atoms with Gasteiger partial charge in [-0.15, -0.1) is 0 Å². The Morgan fingerprint density at radius 1 is 1.26 bits per heavy atom. The van der Waals surface area contributed by atoms with Crippen molar-refractivity contribution in [3.63, 3.8) is 0 Å². The van der Waals surface area contributed by atoms with Gasteiger partial charge in [-0.05, 0) is 64.9 Å². The number of rotatable bonds is 11. The second kappa shape index (κ2) is 14.8. The minimum Gasteiger partial charge on any atom is -0.493 e. The molecule has 2 aromatic rings. The molecule has 4 atom stereocenters. The van der Waals surface area contributed by atoms with Gasteiger partial charge < -0.3 is 34.6 Å². The van der Waals surface area contributed by atoms with Crippen LogP contribution in [0.3, 0.4) is 0 Å². The number of hydrogen-bond acceptors (Lipinski definition) is 8. The number of aliphatic hydroxyl groups is 2. The van der Waals surface area contributed by atoms with E-state index in [1.54, 1.807) is 24.3 Å². The molecule has 0 saturated carbocycles. The molecule has 3 N–H and O–H groups in total. The summed E-state index contributed by atoms with van der Waals surface area (Å²) < 4.78 is 17.7. The number of nitrogens with one attached hydrogen (secondary N) is 1. The van der Waals surface area contributed by atoms with E-state index >= 15 is 0 Å². The number of nitrogens with zero attached hydrogens (tertiary/aromatic N) is 1. The Hall–Kier alpha value is -2.42. The average Bonchev–Trinajstić information content (AvgIpc) is 3.52. The molecule has 1 aliphatic heterocycles. The highest BCUT2D eigenvalue weighted by molar-refractivity contribution is 14.1. The van der Waals surface area contributed by atoms with Gasteiger partial charge in [0.15, 0.2) is 11.5 Å². The van der Waals surface area contributed by atoms with E-state index in [4.69, 9.17) is 37.4 Å². The number of carbonyl (C=O) groups excluding carboxylic acids is 3. The van der Waals surface area contributed by atoms with Crippen LogP contribution in [0.1, 0.15) is 28.8 Å². The zero-order chi connectivity index (χ0) is 30.4. The van der Waals surface area contributed by atoms with Crippen molar-refractivity contribution in [2.75, 3.05) is 33.5 Å². The molecule has 0 radical (unpaired) electrons. The van der Waals surface area contributed by atoms with E-state index in [2.05, 4.69) is 5.32 Å². The maximum atomic E-state index is 13.9. The molecule has 1 saturated heterocycles. The monoisotopic (exact) mass is 732 g/mol. The van der Waals surface area contributed by atoms with Gasteiger partial charge >= 0.3 is 0 Å². The van der Waals surface area contributed by atoms with Crippen molar-refractivity contribution in [3.8, 4) is 11.5 Å². The molecule has 0 aromatic heterocycles. The maximum absolute atomic E-state index is 13.9. The molecule has 0 spiro atoms. The lowest BCUT2D eigenvalue weighted by atomic mass is 9.87. The number of aliphatic hydroxyl groups excluding tert-OH is 2. The van der Waals surface area contributed by atoms with Crippen LogP contribution in [0.4, 0.5) is 0 Å². The van der Waals surface area contributed by atoms with Gasteiger partial charge in [0.2, 0.25) is 11.8 Å². The summed E-state index contributed by atoms with van der Waals surface area (Å²) >= 11 is 14.6. The Morgan fingerprint density at radius 3 is 2.69 bits per heavy atom. The molecule has 13 heteroatoms. The highest BCUT2D eigenvalue weighted by Crippen LogP contribution is 2.37. The summed E-state index contributed by atoms with van der Waals surface area (Å²) in [5, 5.41) is 24.4. The molecule has 0 bridgehead atoms. The second-order valence-electron chi connectivity index (χ2n) is 9.93. The van der Waals surface area contributed by atoms with Gasteiger partial charge in [0.05, 0.1) is 35.9 Å². The maximum Gasteiger partial charge on any atom is 0.247 e. The van der Waals surface area contributed by atoms with Crippen LogP contribution in [0, 0.1) is 9.49 Å².